The van der Waals surface area contributed by atoms with E-state index in [1.54, 1.807) is 0 Å². The van der Waals surface area contributed by atoms with Crippen LogP contribution in [0.25, 0.3) is 0 Å². The van der Waals surface area contributed by atoms with E-state index in [0.717, 1.165) is 19.2 Å². The lowest BCUT2D eigenvalue weighted by Crippen LogP contribution is -2.23. The summed E-state index contributed by atoms with van der Waals surface area (Å²) in [6.45, 7) is 2.09. The van der Waals surface area contributed by atoms with E-state index in [2.05, 4.69) is 45.5 Å². The molecule has 3 heteroatoms. The van der Waals surface area contributed by atoms with Crippen molar-refractivity contribution < 1.29 is 4.74 Å². The van der Waals surface area contributed by atoms with E-state index >= 15 is 0 Å². The van der Waals surface area contributed by atoms with Crippen molar-refractivity contribution in [3.8, 4) is 0 Å². The first-order chi connectivity index (χ1) is 10.3. The van der Waals surface area contributed by atoms with Crippen LogP contribution in [0, 0.1) is 0 Å². The molecule has 0 bridgehead atoms. The van der Waals surface area contributed by atoms with Gasteiger partial charge in [-0.25, -0.2) is 0 Å². The van der Waals surface area contributed by atoms with E-state index in [1.807, 2.05) is 0 Å². The third-order valence-corrected chi connectivity index (χ3v) is 5.15. The smallest absolute Gasteiger partial charge is 0.0576 e. The number of hydrogen-bond donors (Lipinski definition) is 1. The molecule has 2 aliphatic rings. The second-order valence-electron chi connectivity index (χ2n) is 6.50. The van der Waals surface area contributed by atoms with Gasteiger partial charge in [-0.3, -0.25) is 0 Å². The molecule has 1 aromatic rings. The fourth-order valence-electron chi connectivity index (χ4n) is 3.21. The molecular formula is C18H26BrNO. The zero-order valence-corrected chi connectivity index (χ0v) is 14.3. The molecule has 1 heterocycles. The number of rotatable bonds is 8. The Morgan fingerprint density at radius 1 is 1.29 bits per heavy atom. The molecule has 1 N–H and O–H groups in total. The Kier molecular flexibility index (Phi) is 5.73. The maximum Gasteiger partial charge on any atom is 0.0576 e. The van der Waals surface area contributed by atoms with Crippen molar-refractivity contribution in [1.82, 2.24) is 5.32 Å². The van der Waals surface area contributed by atoms with E-state index in [1.165, 1.54) is 55.0 Å². The average Bonchev–Trinajstić information content (AvgIpc) is 3.17. The Balaban J connectivity index is 1.52. The van der Waals surface area contributed by atoms with E-state index in [-0.39, 0.29) is 0 Å². The predicted molar refractivity (Wildman–Crippen MR) is 90.7 cm³/mol. The lowest BCUT2D eigenvalue weighted by molar-refractivity contribution is 0.101. The standard InChI is InChI=1S/C18H26BrNO/c19-16-6-1-4-14(12-16)15(13-20-17-9-10-17)5-2-7-18-8-3-11-21-18/h1,4,6,12,15,17-18,20H,2-3,5,7-11,13H2. The second-order valence-corrected chi connectivity index (χ2v) is 7.42. The molecule has 2 fully saturated rings. The molecule has 0 aromatic heterocycles. The summed E-state index contributed by atoms with van der Waals surface area (Å²) in [7, 11) is 0. The Bertz CT molecular complexity index is 441. The Labute approximate surface area is 136 Å². The summed E-state index contributed by atoms with van der Waals surface area (Å²) in [5.74, 6) is 0.629. The molecule has 1 aliphatic carbocycles. The predicted octanol–water partition coefficient (Wildman–Crippen LogP) is 4.63. The molecule has 3 rings (SSSR count). The van der Waals surface area contributed by atoms with Crippen LogP contribution in [-0.2, 0) is 4.74 Å². The van der Waals surface area contributed by atoms with Gasteiger partial charge in [-0.1, -0.05) is 34.5 Å². The second kappa shape index (κ2) is 7.75. The summed E-state index contributed by atoms with van der Waals surface area (Å²) in [5, 5.41) is 3.71. The fourth-order valence-corrected chi connectivity index (χ4v) is 3.62. The van der Waals surface area contributed by atoms with Crippen molar-refractivity contribution in [2.75, 3.05) is 13.2 Å². The van der Waals surface area contributed by atoms with Crippen molar-refractivity contribution >= 4 is 15.9 Å². The summed E-state index contributed by atoms with van der Waals surface area (Å²) in [6, 6.07) is 9.62. The largest absolute Gasteiger partial charge is 0.378 e. The quantitative estimate of drug-likeness (QED) is 0.736. The lowest BCUT2D eigenvalue weighted by atomic mass is 9.92. The van der Waals surface area contributed by atoms with E-state index in [9.17, 15) is 0 Å². The van der Waals surface area contributed by atoms with Crippen LogP contribution in [0.3, 0.4) is 0 Å². The first-order valence-electron chi connectivity index (χ1n) is 8.42. The Morgan fingerprint density at radius 2 is 2.19 bits per heavy atom. The summed E-state index contributed by atoms with van der Waals surface area (Å²) >= 11 is 3.60. The molecule has 1 saturated carbocycles. The zero-order chi connectivity index (χ0) is 14.5. The van der Waals surface area contributed by atoms with Gasteiger partial charge in [0.25, 0.3) is 0 Å². The molecule has 0 radical (unpaired) electrons. The van der Waals surface area contributed by atoms with Crippen molar-refractivity contribution in [3.05, 3.63) is 34.3 Å². The van der Waals surface area contributed by atoms with Crippen LogP contribution in [0.15, 0.2) is 28.7 Å². The van der Waals surface area contributed by atoms with Gasteiger partial charge in [0.1, 0.15) is 0 Å². The molecule has 1 aliphatic heterocycles. The molecule has 1 saturated heterocycles. The molecule has 2 atom stereocenters. The van der Waals surface area contributed by atoms with Gasteiger partial charge >= 0.3 is 0 Å². The van der Waals surface area contributed by atoms with Crippen molar-refractivity contribution in [1.29, 1.82) is 0 Å². The number of nitrogens with one attached hydrogen (secondary N) is 1. The third-order valence-electron chi connectivity index (χ3n) is 4.65. The van der Waals surface area contributed by atoms with Crippen molar-refractivity contribution in [2.45, 2.75) is 63.0 Å². The Morgan fingerprint density at radius 3 is 2.90 bits per heavy atom. The molecule has 2 nitrogen and oxygen atoms in total. The van der Waals surface area contributed by atoms with Crippen LogP contribution in [-0.4, -0.2) is 25.3 Å². The highest BCUT2D eigenvalue weighted by Gasteiger charge is 2.23. The number of hydrogen-bond acceptors (Lipinski definition) is 2. The Hall–Kier alpha value is -0.380. The van der Waals surface area contributed by atoms with E-state index in [0.29, 0.717) is 12.0 Å². The van der Waals surface area contributed by atoms with Gasteiger partial charge in [0.2, 0.25) is 0 Å². The van der Waals surface area contributed by atoms with Gasteiger partial charge in [-0.15, -0.1) is 0 Å². The SMILES string of the molecule is Brc1cccc(C(CCCC2CCCO2)CNC2CC2)c1. The van der Waals surface area contributed by atoms with Gasteiger partial charge in [0.05, 0.1) is 6.10 Å². The highest BCUT2D eigenvalue weighted by Crippen LogP contribution is 2.28. The van der Waals surface area contributed by atoms with Gasteiger partial charge in [-0.2, -0.15) is 0 Å². The molecular weight excluding hydrogens is 326 g/mol. The number of benzene rings is 1. The summed E-state index contributed by atoms with van der Waals surface area (Å²) in [5.41, 5.74) is 1.46. The summed E-state index contributed by atoms with van der Waals surface area (Å²) < 4.78 is 6.93. The molecule has 1 aromatic carbocycles. The van der Waals surface area contributed by atoms with Crippen molar-refractivity contribution in [2.24, 2.45) is 0 Å². The normalized spacial score (nSPS) is 23.4. The topological polar surface area (TPSA) is 21.3 Å². The summed E-state index contributed by atoms with van der Waals surface area (Å²) in [4.78, 5) is 0. The number of halogens is 1. The maximum absolute atomic E-state index is 5.74. The average molecular weight is 352 g/mol. The highest BCUT2D eigenvalue weighted by molar-refractivity contribution is 9.10. The highest BCUT2D eigenvalue weighted by atomic mass is 79.9. The minimum absolute atomic E-state index is 0.532. The lowest BCUT2D eigenvalue weighted by Gasteiger charge is -2.19. The minimum Gasteiger partial charge on any atom is -0.378 e. The minimum atomic E-state index is 0.532. The first-order valence-corrected chi connectivity index (χ1v) is 9.21. The molecule has 0 spiro atoms. The zero-order valence-electron chi connectivity index (χ0n) is 12.7. The van der Waals surface area contributed by atoms with Crippen LogP contribution in [0.5, 0.6) is 0 Å². The van der Waals surface area contributed by atoms with Crippen LogP contribution in [0.1, 0.15) is 56.4 Å². The van der Waals surface area contributed by atoms with Gasteiger partial charge < -0.3 is 10.1 Å². The van der Waals surface area contributed by atoms with Crippen LogP contribution < -0.4 is 5.32 Å². The van der Waals surface area contributed by atoms with Gasteiger partial charge in [-0.05, 0) is 62.1 Å². The van der Waals surface area contributed by atoms with Gasteiger partial charge in [0.15, 0.2) is 0 Å². The number of ether oxygens (including phenoxy) is 1. The molecule has 21 heavy (non-hydrogen) atoms. The van der Waals surface area contributed by atoms with Crippen molar-refractivity contribution in [3.63, 3.8) is 0 Å². The van der Waals surface area contributed by atoms with Crippen LogP contribution >= 0.6 is 15.9 Å². The van der Waals surface area contributed by atoms with Crippen LogP contribution in [0.2, 0.25) is 0 Å². The van der Waals surface area contributed by atoms with Gasteiger partial charge in [0, 0.05) is 23.7 Å². The maximum atomic E-state index is 5.74. The molecule has 116 valence electrons. The molecule has 2 unspecified atom stereocenters. The van der Waals surface area contributed by atoms with Crippen LogP contribution in [0.4, 0.5) is 0 Å². The fraction of sp³-hybridized carbons (Fsp3) is 0.667. The summed E-state index contributed by atoms with van der Waals surface area (Å²) in [6.07, 6.45) is 9.54. The first kappa shape index (κ1) is 15.5. The molecule has 0 amide bonds. The third kappa shape index (κ3) is 5.08. The monoisotopic (exact) mass is 351 g/mol. The van der Waals surface area contributed by atoms with E-state index < -0.39 is 0 Å². The van der Waals surface area contributed by atoms with E-state index in [4.69, 9.17) is 4.74 Å².